The Bertz CT molecular complexity index is 842. The van der Waals surface area contributed by atoms with Gasteiger partial charge in [0, 0.05) is 11.6 Å². The molecule has 0 spiro atoms. The summed E-state index contributed by atoms with van der Waals surface area (Å²) in [5.74, 6) is 1.83. The Morgan fingerprint density at radius 3 is 2.00 bits per heavy atom. The van der Waals surface area contributed by atoms with E-state index in [0.29, 0.717) is 28.6 Å². The van der Waals surface area contributed by atoms with Crippen molar-refractivity contribution in [1.82, 2.24) is 0 Å². The highest BCUT2D eigenvalue weighted by Gasteiger charge is 2.12. The predicted octanol–water partition coefficient (Wildman–Crippen LogP) is 3.72. The molecule has 0 unspecified atom stereocenters. The average Bonchev–Trinajstić information content (AvgIpc) is 2.70. The zero-order valence-corrected chi connectivity index (χ0v) is 15.7. The smallest absolute Gasteiger partial charge is 0.203 e. The van der Waals surface area contributed by atoms with Gasteiger partial charge < -0.3 is 24.1 Å². The van der Waals surface area contributed by atoms with Gasteiger partial charge in [0.2, 0.25) is 5.75 Å². The molecule has 0 aliphatic carbocycles. The molecule has 2 aromatic rings. The van der Waals surface area contributed by atoms with Crippen LogP contribution in [0.25, 0.3) is 12.2 Å². The van der Waals surface area contributed by atoms with Crippen molar-refractivity contribution in [3.05, 3.63) is 53.6 Å². The molecule has 6 heteroatoms. The van der Waals surface area contributed by atoms with Crippen LogP contribution in [-0.4, -0.2) is 39.3 Å². The lowest BCUT2D eigenvalue weighted by Gasteiger charge is -2.12. The van der Waals surface area contributed by atoms with Crippen molar-refractivity contribution < 1.29 is 28.8 Å². The van der Waals surface area contributed by atoms with E-state index in [1.807, 2.05) is 0 Å². The Balaban J connectivity index is 2.17. The summed E-state index contributed by atoms with van der Waals surface area (Å²) in [6.07, 6.45) is 5.97. The fourth-order valence-electron chi connectivity index (χ4n) is 2.39. The number of hydrogen-bond donors (Lipinski definition) is 1. The highest BCUT2D eigenvalue weighted by molar-refractivity contribution is 6.04. The number of hydrogen-bond acceptors (Lipinski definition) is 6. The number of benzene rings is 2. The number of rotatable bonds is 8. The molecule has 0 atom stereocenters. The Morgan fingerprint density at radius 1 is 0.852 bits per heavy atom. The maximum Gasteiger partial charge on any atom is 0.203 e. The van der Waals surface area contributed by atoms with Crippen LogP contribution < -0.4 is 18.9 Å². The van der Waals surface area contributed by atoms with Gasteiger partial charge in [0.1, 0.15) is 11.5 Å². The SMILES string of the molecule is COc1ccc(/C=C/C(=O)/C=C/c2cc(OC)c(OC)c(OC)c2)c(O)c1. The van der Waals surface area contributed by atoms with Crippen LogP contribution in [0.15, 0.2) is 42.5 Å². The van der Waals surface area contributed by atoms with E-state index >= 15 is 0 Å². The molecule has 0 saturated carbocycles. The van der Waals surface area contributed by atoms with E-state index in [0.717, 1.165) is 5.56 Å². The van der Waals surface area contributed by atoms with Gasteiger partial charge in [0.25, 0.3) is 0 Å². The molecule has 1 N–H and O–H groups in total. The van der Waals surface area contributed by atoms with Gasteiger partial charge in [-0.05, 0) is 48.1 Å². The van der Waals surface area contributed by atoms with Crippen LogP contribution in [0.4, 0.5) is 0 Å². The summed E-state index contributed by atoms with van der Waals surface area (Å²) >= 11 is 0. The molecule has 0 radical (unpaired) electrons. The molecular weight excluding hydrogens is 348 g/mol. The van der Waals surface area contributed by atoms with Gasteiger partial charge in [-0.3, -0.25) is 4.79 Å². The van der Waals surface area contributed by atoms with Crippen molar-refractivity contribution in [3.63, 3.8) is 0 Å². The van der Waals surface area contributed by atoms with E-state index in [-0.39, 0.29) is 11.5 Å². The van der Waals surface area contributed by atoms with Crippen LogP contribution in [0.2, 0.25) is 0 Å². The Hall–Kier alpha value is -3.41. The first-order valence-corrected chi connectivity index (χ1v) is 8.09. The average molecular weight is 370 g/mol. The Kier molecular flexibility index (Phi) is 6.88. The van der Waals surface area contributed by atoms with Crippen molar-refractivity contribution >= 4 is 17.9 Å². The second kappa shape index (κ2) is 9.33. The van der Waals surface area contributed by atoms with E-state index in [4.69, 9.17) is 18.9 Å². The molecule has 0 aliphatic heterocycles. The topological polar surface area (TPSA) is 74.2 Å². The third-order valence-corrected chi connectivity index (χ3v) is 3.79. The van der Waals surface area contributed by atoms with Crippen LogP contribution in [0, 0.1) is 0 Å². The maximum absolute atomic E-state index is 12.1. The molecule has 0 amide bonds. The van der Waals surface area contributed by atoms with Crippen molar-refractivity contribution in [3.8, 4) is 28.7 Å². The van der Waals surface area contributed by atoms with E-state index < -0.39 is 0 Å². The van der Waals surface area contributed by atoms with Gasteiger partial charge in [-0.2, -0.15) is 0 Å². The predicted molar refractivity (Wildman–Crippen MR) is 104 cm³/mol. The van der Waals surface area contributed by atoms with Crippen molar-refractivity contribution in [2.24, 2.45) is 0 Å². The highest BCUT2D eigenvalue weighted by atomic mass is 16.5. The molecule has 6 nitrogen and oxygen atoms in total. The van der Waals surface area contributed by atoms with Crippen molar-refractivity contribution in [2.75, 3.05) is 28.4 Å². The number of allylic oxidation sites excluding steroid dienone is 2. The number of methoxy groups -OCH3 is 4. The molecule has 0 aromatic heterocycles. The van der Waals surface area contributed by atoms with Crippen LogP contribution in [0.3, 0.4) is 0 Å². The third kappa shape index (κ3) is 5.04. The number of phenolic OH excluding ortho intramolecular Hbond substituents is 1. The number of ether oxygens (including phenoxy) is 4. The third-order valence-electron chi connectivity index (χ3n) is 3.79. The van der Waals surface area contributed by atoms with E-state index in [1.54, 1.807) is 30.3 Å². The van der Waals surface area contributed by atoms with Crippen molar-refractivity contribution in [1.29, 1.82) is 0 Å². The summed E-state index contributed by atoms with van der Waals surface area (Å²) in [5, 5.41) is 9.91. The minimum Gasteiger partial charge on any atom is -0.507 e. The quantitative estimate of drug-likeness (QED) is 0.714. The monoisotopic (exact) mass is 370 g/mol. The second-order valence-corrected chi connectivity index (χ2v) is 5.45. The van der Waals surface area contributed by atoms with E-state index in [2.05, 4.69) is 0 Å². The van der Waals surface area contributed by atoms with Crippen molar-refractivity contribution in [2.45, 2.75) is 0 Å². The molecule has 2 rings (SSSR count). The van der Waals surface area contributed by atoms with Gasteiger partial charge >= 0.3 is 0 Å². The molecule has 27 heavy (non-hydrogen) atoms. The first-order valence-electron chi connectivity index (χ1n) is 8.09. The molecule has 0 heterocycles. The van der Waals surface area contributed by atoms with Gasteiger partial charge in [-0.15, -0.1) is 0 Å². The zero-order valence-electron chi connectivity index (χ0n) is 15.7. The summed E-state index contributed by atoms with van der Waals surface area (Å²) < 4.78 is 20.9. The summed E-state index contributed by atoms with van der Waals surface area (Å²) in [6.45, 7) is 0. The molecule has 0 fully saturated rings. The summed E-state index contributed by atoms with van der Waals surface area (Å²) in [7, 11) is 6.10. The number of phenols is 1. The van der Waals surface area contributed by atoms with Crippen LogP contribution >= 0.6 is 0 Å². The van der Waals surface area contributed by atoms with Gasteiger partial charge in [0.15, 0.2) is 17.3 Å². The van der Waals surface area contributed by atoms with Gasteiger partial charge in [-0.25, -0.2) is 0 Å². The summed E-state index contributed by atoms with van der Waals surface area (Å²) in [4.78, 5) is 12.1. The van der Waals surface area contributed by atoms with Crippen LogP contribution in [0.5, 0.6) is 28.7 Å². The minimum atomic E-state index is -0.237. The first-order chi connectivity index (χ1) is 13.0. The highest BCUT2D eigenvalue weighted by Crippen LogP contribution is 2.38. The lowest BCUT2D eigenvalue weighted by Crippen LogP contribution is -1.95. The molecule has 142 valence electrons. The molecule has 0 saturated heterocycles. The van der Waals surface area contributed by atoms with E-state index in [1.165, 1.54) is 52.7 Å². The van der Waals surface area contributed by atoms with E-state index in [9.17, 15) is 9.90 Å². The normalized spacial score (nSPS) is 11.0. The standard InChI is InChI=1S/C21H22O6/c1-24-17-10-7-15(18(23)13-17)6-9-16(22)8-5-14-11-19(25-2)21(27-4)20(12-14)26-3/h5-13,23H,1-4H3/b8-5+,9-6+. The zero-order chi connectivity index (χ0) is 19.8. The Labute approximate surface area is 158 Å². The maximum atomic E-state index is 12.1. The number of carbonyl (C=O) groups is 1. The summed E-state index contributed by atoms with van der Waals surface area (Å²) in [5.41, 5.74) is 1.24. The molecular formula is C21H22O6. The number of carbonyl (C=O) groups excluding carboxylic acids is 1. The number of aromatic hydroxyl groups is 1. The van der Waals surface area contributed by atoms with Crippen LogP contribution in [0.1, 0.15) is 11.1 Å². The lowest BCUT2D eigenvalue weighted by atomic mass is 10.1. The molecule has 0 aliphatic rings. The summed E-state index contributed by atoms with van der Waals surface area (Å²) in [6, 6.07) is 8.33. The minimum absolute atomic E-state index is 0.0343. The Morgan fingerprint density at radius 2 is 1.48 bits per heavy atom. The second-order valence-electron chi connectivity index (χ2n) is 5.45. The first kappa shape index (κ1) is 19.9. The fraction of sp³-hybridized carbons (Fsp3) is 0.190. The van der Waals surface area contributed by atoms with Gasteiger partial charge in [0.05, 0.1) is 28.4 Å². The molecule has 0 bridgehead atoms. The van der Waals surface area contributed by atoms with Crippen LogP contribution in [-0.2, 0) is 4.79 Å². The molecule has 2 aromatic carbocycles. The largest absolute Gasteiger partial charge is 0.507 e. The number of ketones is 1. The lowest BCUT2D eigenvalue weighted by molar-refractivity contribution is -0.110. The fourth-order valence-corrected chi connectivity index (χ4v) is 2.39. The van der Waals surface area contributed by atoms with Gasteiger partial charge in [-0.1, -0.05) is 6.08 Å².